The average Bonchev–Trinajstić information content (AvgIpc) is 2.55. The van der Waals surface area contributed by atoms with Crippen LogP contribution in [0.1, 0.15) is 38.2 Å². The maximum Gasteiger partial charge on any atom is 0.407 e. The van der Waals surface area contributed by atoms with Gasteiger partial charge in [0.25, 0.3) is 6.47 Å². The molecule has 0 saturated heterocycles. The minimum absolute atomic E-state index is 0.0431. The van der Waals surface area contributed by atoms with Crippen LogP contribution in [0.25, 0.3) is 0 Å². The summed E-state index contributed by atoms with van der Waals surface area (Å²) in [5.74, 6) is 0.429. The number of hydrogen-bond donors (Lipinski definition) is 1. The van der Waals surface area contributed by atoms with Gasteiger partial charge in [0, 0.05) is 13.0 Å². The van der Waals surface area contributed by atoms with Gasteiger partial charge >= 0.3 is 6.09 Å². The molecular formula is C18H25NO4. The van der Waals surface area contributed by atoms with E-state index in [1.165, 1.54) is 0 Å². The Morgan fingerprint density at radius 2 is 1.96 bits per heavy atom. The van der Waals surface area contributed by atoms with Gasteiger partial charge in [-0.1, -0.05) is 30.3 Å². The lowest BCUT2D eigenvalue weighted by atomic mass is 9.87. The monoisotopic (exact) mass is 319 g/mol. The first-order valence-corrected chi connectivity index (χ1v) is 8.25. The summed E-state index contributed by atoms with van der Waals surface area (Å²) in [5.41, 5.74) is 1.15. The normalized spacial score (nSPS) is 22.0. The van der Waals surface area contributed by atoms with Gasteiger partial charge < -0.3 is 14.8 Å². The minimum atomic E-state index is -0.361. The first-order chi connectivity index (χ1) is 11.2. The van der Waals surface area contributed by atoms with Gasteiger partial charge in [0.2, 0.25) is 0 Å². The molecule has 1 aromatic rings. The first-order valence-electron chi connectivity index (χ1n) is 8.25. The van der Waals surface area contributed by atoms with Crippen LogP contribution in [0.5, 0.6) is 0 Å². The van der Waals surface area contributed by atoms with E-state index in [2.05, 4.69) is 5.32 Å². The topological polar surface area (TPSA) is 64.6 Å². The van der Waals surface area contributed by atoms with Crippen molar-refractivity contribution in [2.75, 3.05) is 6.54 Å². The van der Waals surface area contributed by atoms with Gasteiger partial charge in [-0.15, -0.1) is 0 Å². The van der Waals surface area contributed by atoms with E-state index in [9.17, 15) is 9.59 Å². The fourth-order valence-corrected chi connectivity index (χ4v) is 2.99. The van der Waals surface area contributed by atoms with Gasteiger partial charge in [0.15, 0.2) is 0 Å². The number of alkyl carbamates (subject to hydrolysis) is 1. The molecule has 0 radical (unpaired) electrons. The molecular weight excluding hydrogens is 294 g/mol. The van der Waals surface area contributed by atoms with Crippen LogP contribution in [0.3, 0.4) is 0 Å². The molecule has 1 atom stereocenters. The van der Waals surface area contributed by atoms with Crippen LogP contribution >= 0.6 is 0 Å². The largest absolute Gasteiger partial charge is 0.465 e. The molecule has 0 bridgehead atoms. The van der Waals surface area contributed by atoms with Crippen LogP contribution < -0.4 is 5.32 Å². The fraction of sp³-hybridized carbons (Fsp3) is 0.556. The second kappa shape index (κ2) is 9.18. The SMILES string of the molecule is CC(Cc1ccccc1)OC(=O)NCC1CCC(OC=O)CC1. The summed E-state index contributed by atoms with van der Waals surface area (Å²) in [5, 5.41) is 2.84. The van der Waals surface area contributed by atoms with Gasteiger partial charge in [-0.2, -0.15) is 0 Å². The Kier molecular flexibility index (Phi) is 6.91. The van der Waals surface area contributed by atoms with Crippen molar-refractivity contribution in [1.82, 2.24) is 5.32 Å². The van der Waals surface area contributed by atoms with Crippen LogP contribution in [0, 0.1) is 5.92 Å². The van der Waals surface area contributed by atoms with Crippen molar-refractivity contribution < 1.29 is 19.1 Å². The molecule has 1 amide bonds. The molecule has 1 aliphatic carbocycles. The first kappa shape index (κ1) is 17.3. The van der Waals surface area contributed by atoms with Gasteiger partial charge in [-0.25, -0.2) is 4.79 Å². The standard InChI is InChI=1S/C18H25NO4/c1-14(11-15-5-3-2-4-6-15)23-18(21)19-12-16-7-9-17(10-8-16)22-13-20/h2-6,13-14,16-17H,7-12H2,1H3,(H,19,21). The number of rotatable bonds is 7. The maximum absolute atomic E-state index is 11.8. The van der Waals surface area contributed by atoms with Gasteiger partial charge in [-0.05, 0) is 44.1 Å². The van der Waals surface area contributed by atoms with E-state index in [-0.39, 0.29) is 18.3 Å². The lowest BCUT2D eigenvalue weighted by Crippen LogP contribution is -2.34. The van der Waals surface area contributed by atoms with Gasteiger partial charge in [-0.3, -0.25) is 4.79 Å². The second-order valence-corrected chi connectivity index (χ2v) is 6.16. The molecule has 1 fully saturated rings. The van der Waals surface area contributed by atoms with Crippen molar-refractivity contribution in [3.63, 3.8) is 0 Å². The number of benzene rings is 1. The second-order valence-electron chi connectivity index (χ2n) is 6.16. The molecule has 126 valence electrons. The zero-order chi connectivity index (χ0) is 16.5. The summed E-state index contributed by atoms with van der Waals surface area (Å²) in [7, 11) is 0. The summed E-state index contributed by atoms with van der Waals surface area (Å²) in [6, 6.07) is 9.98. The highest BCUT2D eigenvalue weighted by Gasteiger charge is 2.22. The molecule has 1 aromatic carbocycles. The molecule has 0 aliphatic heterocycles. The van der Waals surface area contributed by atoms with Crippen LogP contribution in [-0.2, 0) is 20.7 Å². The Morgan fingerprint density at radius 3 is 2.61 bits per heavy atom. The Labute approximate surface area is 137 Å². The highest BCUT2D eigenvalue weighted by atomic mass is 16.6. The molecule has 1 unspecified atom stereocenters. The number of carbonyl (C=O) groups excluding carboxylic acids is 2. The number of nitrogens with one attached hydrogen (secondary N) is 1. The summed E-state index contributed by atoms with van der Waals surface area (Å²) >= 11 is 0. The molecule has 5 heteroatoms. The van der Waals surface area contributed by atoms with E-state index in [4.69, 9.17) is 9.47 Å². The summed E-state index contributed by atoms with van der Waals surface area (Å²) in [6.45, 7) is 3.04. The van der Waals surface area contributed by atoms with Gasteiger partial charge in [0.05, 0.1) is 0 Å². The summed E-state index contributed by atoms with van der Waals surface area (Å²) in [4.78, 5) is 22.2. The van der Waals surface area contributed by atoms with Crippen LogP contribution in [0.2, 0.25) is 0 Å². The van der Waals surface area contributed by atoms with E-state index in [0.717, 1.165) is 31.2 Å². The molecule has 2 rings (SSSR count). The smallest absolute Gasteiger partial charge is 0.407 e. The zero-order valence-corrected chi connectivity index (χ0v) is 13.6. The summed E-state index contributed by atoms with van der Waals surface area (Å²) in [6.07, 6.45) is 3.88. The predicted octanol–water partition coefficient (Wildman–Crippen LogP) is 3.08. The number of ether oxygens (including phenoxy) is 2. The summed E-state index contributed by atoms with van der Waals surface area (Å²) < 4.78 is 10.4. The zero-order valence-electron chi connectivity index (χ0n) is 13.6. The Bertz CT molecular complexity index is 483. The van der Waals surface area contributed by atoms with E-state index in [1.807, 2.05) is 37.3 Å². The van der Waals surface area contributed by atoms with Crippen molar-refractivity contribution in [2.24, 2.45) is 5.92 Å². The molecule has 1 N–H and O–H groups in total. The van der Waals surface area contributed by atoms with Crippen LogP contribution in [0.15, 0.2) is 30.3 Å². The molecule has 23 heavy (non-hydrogen) atoms. The van der Waals surface area contributed by atoms with Gasteiger partial charge in [0.1, 0.15) is 12.2 Å². The van der Waals surface area contributed by atoms with Crippen molar-refractivity contribution in [2.45, 2.75) is 51.2 Å². The Balaban J connectivity index is 1.62. The van der Waals surface area contributed by atoms with Crippen LogP contribution in [0.4, 0.5) is 4.79 Å². The Hall–Kier alpha value is -2.04. The third-order valence-corrected chi connectivity index (χ3v) is 4.25. The molecule has 0 heterocycles. The third-order valence-electron chi connectivity index (χ3n) is 4.25. The molecule has 5 nitrogen and oxygen atoms in total. The van der Waals surface area contributed by atoms with Crippen molar-refractivity contribution in [3.8, 4) is 0 Å². The third kappa shape index (κ3) is 6.30. The van der Waals surface area contributed by atoms with Crippen LogP contribution in [-0.4, -0.2) is 31.3 Å². The van der Waals surface area contributed by atoms with Crippen molar-refractivity contribution in [1.29, 1.82) is 0 Å². The highest BCUT2D eigenvalue weighted by Crippen LogP contribution is 2.25. The maximum atomic E-state index is 11.8. The predicted molar refractivity (Wildman–Crippen MR) is 87.0 cm³/mol. The van der Waals surface area contributed by atoms with E-state index in [1.54, 1.807) is 0 Å². The Morgan fingerprint density at radius 1 is 1.26 bits per heavy atom. The number of hydrogen-bond acceptors (Lipinski definition) is 4. The lowest BCUT2D eigenvalue weighted by Gasteiger charge is -2.27. The van der Waals surface area contributed by atoms with Crippen molar-refractivity contribution >= 4 is 12.6 Å². The van der Waals surface area contributed by atoms with E-state index in [0.29, 0.717) is 25.4 Å². The molecule has 1 saturated carbocycles. The number of amides is 1. The quantitative estimate of drug-likeness (QED) is 0.784. The fourth-order valence-electron chi connectivity index (χ4n) is 2.99. The molecule has 0 spiro atoms. The number of carbonyl (C=O) groups is 2. The van der Waals surface area contributed by atoms with Crippen molar-refractivity contribution in [3.05, 3.63) is 35.9 Å². The molecule has 0 aromatic heterocycles. The van der Waals surface area contributed by atoms with E-state index >= 15 is 0 Å². The average molecular weight is 319 g/mol. The highest BCUT2D eigenvalue weighted by molar-refractivity contribution is 5.67. The molecule has 1 aliphatic rings. The minimum Gasteiger partial charge on any atom is -0.465 e. The lowest BCUT2D eigenvalue weighted by molar-refractivity contribution is -0.135. The van der Waals surface area contributed by atoms with E-state index < -0.39 is 0 Å².